The van der Waals surface area contributed by atoms with Crippen LogP contribution in [0, 0.1) is 6.92 Å². The Morgan fingerprint density at radius 3 is 2.24 bits per heavy atom. The van der Waals surface area contributed by atoms with Gasteiger partial charge in [0.15, 0.2) is 5.11 Å². The van der Waals surface area contributed by atoms with Crippen molar-refractivity contribution in [1.29, 1.82) is 0 Å². The number of ether oxygens (including phenoxy) is 2. The standard InChI is InChI=1S/C20H25N3O4S2/c1-15-4-9-19(27-3)18(14-15)21-20(28)22-10-12-23(13-11-22)29(24,25)17-7-5-16(26-2)6-8-17/h4-9,14H,10-13H2,1-3H3,(H,21,28). The molecule has 0 atom stereocenters. The summed E-state index contributed by atoms with van der Waals surface area (Å²) >= 11 is 5.54. The van der Waals surface area contributed by atoms with Gasteiger partial charge in [0.05, 0.1) is 24.8 Å². The molecule has 0 amide bonds. The molecule has 1 N–H and O–H groups in total. The molecule has 1 heterocycles. The number of nitrogens with one attached hydrogen (secondary N) is 1. The second-order valence-corrected chi connectivity index (χ2v) is 9.03. The van der Waals surface area contributed by atoms with E-state index in [1.54, 1.807) is 38.5 Å². The van der Waals surface area contributed by atoms with E-state index in [4.69, 9.17) is 21.7 Å². The SMILES string of the molecule is COc1ccc(S(=O)(=O)N2CCN(C(=S)Nc3cc(C)ccc3OC)CC2)cc1. The van der Waals surface area contributed by atoms with Gasteiger partial charge in [0.1, 0.15) is 11.5 Å². The summed E-state index contributed by atoms with van der Waals surface area (Å²) in [6.07, 6.45) is 0. The number of nitrogens with zero attached hydrogens (tertiary/aromatic N) is 2. The molecule has 156 valence electrons. The molecule has 3 rings (SSSR count). The van der Waals surface area contributed by atoms with E-state index in [1.165, 1.54) is 4.31 Å². The molecular weight excluding hydrogens is 410 g/mol. The second kappa shape index (κ2) is 8.98. The van der Waals surface area contributed by atoms with E-state index < -0.39 is 10.0 Å². The first kappa shape index (κ1) is 21.4. The van der Waals surface area contributed by atoms with E-state index in [2.05, 4.69) is 5.32 Å². The van der Waals surface area contributed by atoms with Crippen LogP contribution in [0.2, 0.25) is 0 Å². The molecule has 2 aromatic carbocycles. The van der Waals surface area contributed by atoms with Gasteiger partial charge in [0.2, 0.25) is 10.0 Å². The van der Waals surface area contributed by atoms with Gasteiger partial charge < -0.3 is 19.7 Å². The van der Waals surface area contributed by atoms with Crippen molar-refractivity contribution in [2.24, 2.45) is 0 Å². The van der Waals surface area contributed by atoms with Crippen LogP contribution in [-0.4, -0.2) is 63.1 Å². The fraction of sp³-hybridized carbons (Fsp3) is 0.350. The van der Waals surface area contributed by atoms with Gasteiger partial charge in [0.25, 0.3) is 0 Å². The van der Waals surface area contributed by atoms with Gasteiger partial charge in [-0.05, 0) is 61.1 Å². The summed E-state index contributed by atoms with van der Waals surface area (Å²) in [6.45, 7) is 3.74. The smallest absolute Gasteiger partial charge is 0.243 e. The Morgan fingerprint density at radius 1 is 1.00 bits per heavy atom. The summed E-state index contributed by atoms with van der Waals surface area (Å²) in [5.74, 6) is 1.33. The summed E-state index contributed by atoms with van der Waals surface area (Å²) in [6, 6.07) is 12.3. The number of sulfonamides is 1. The average molecular weight is 436 g/mol. The topological polar surface area (TPSA) is 71.1 Å². The minimum Gasteiger partial charge on any atom is -0.497 e. The fourth-order valence-electron chi connectivity index (χ4n) is 3.14. The highest BCUT2D eigenvalue weighted by atomic mass is 32.2. The summed E-state index contributed by atoms with van der Waals surface area (Å²) in [4.78, 5) is 2.23. The Kier molecular flexibility index (Phi) is 6.61. The van der Waals surface area contributed by atoms with E-state index in [-0.39, 0.29) is 4.90 Å². The Balaban J connectivity index is 1.64. The van der Waals surface area contributed by atoms with Crippen LogP contribution in [0.4, 0.5) is 5.69 Å². The van der Waals surface area contributed by atoms with E-state index in [9.17, 15) is 8.42 Å². The number of aryl methyl sites for hydroxylation is 1. The Bertz CT molecular complexity index is 970. The van der Waals surface area contributed by atoms with Crippen molar-refractivity contribution >= 4 is 33.0 Å². The lowest BCUT2D eigenvalue weighted by Gasteiger charge is -2.35. The van der Waals surface area contributed by atoms with Gasteiger partial charge in [-0.2, -0.15) is 4.31 Å². The first-order valence-corrected chi connectivity index (χ1v) is 11.0. The predicted molar refractivity (Wildman–Crippen MR) is 117 cm³/mol. The molecule has 0 aliphatic carbocycles. The molecule has 0 radical (unpaired) electrons. The molecule has 0 bridgehead atoms. The first-order valence-electron chi connectivity index (χ1n) is 9.20. The molecule has 1 fully saturated rings. The lowest BCUT2D eigenvalue weighted by molar-refractivity contribution is 0.268. The average Bonchev–Trinajstić information content (AvgIpc) is 2.74. The van der Waals surface area contributed by atoms with Crippen molar-refractivity contribution in [2.45, 2.75) is 11.8 Å². The van der Waals surface area contributed by atoms with Crippen LogP contribution in [0.15, 0.2) is 47.4 Å². The highest BCUT2D eigenvalue weighted by Gasteiger charge is 2.29. The van der Waals surface area contributed by atoms with Crippen LogP contribution in [-0.2, 0) is 10.0 Å². The molecule has 1 saturated heterocycles. The monoisotopic (exact) mass is 435 g/mol. The van der Waals surface area contributed by atoms with Crippen molar-refractivity contribution in [2.75, 3.05) is 45.7 Å². The maximum absolute atomic E-state index is 12.9. The normalized spacial score (nSPS) is 15.1. The molecule has 0 spiro atoms. The third-order valence-electron chi connectivity index (χ3n) is 4.82. The highest BCUT2D eigenvalue weighted by Crippen LogP contribution is 2.26. The third-order valence-corrected chi connectivity index (χ3v) is 7.09. The van der Waals surface area contributed by atoms with Crippen molar-refractivity contribution < 1.29 is 17.9 Å². The van der Waals surface area contributed by atoms with E-state index >= 15 is 0 Å². The number of rotatable bonds is 5. The summed E-state index contributed by atoms with van der Waals surface area (Å²) in [5, 5.41) is 3.77. The Hall–Kier alpha value is -2.36. The quantitative estimate of drug-likeness (QED) is 0.724. The minimum atomic E-state index is -3.54. The van der Waals surface area contributed by atoms with Crippen LogP contribution >= 0.6 is 12.2 Å². The molecule has 0 aromatic heterocycles. The van der Waals surface area contributed by atoms with E-state index in [1.807, 2.05) is 30.0 Å². The zero-order valence-corrected chi connectivity index (χ0v) is 18.3. The maximum Gasteiger partial charge on any atom is 0.243 e. The van der Waals surface area contributed by atoms with E-state index in [0.717, 1.165) is 11.3 Å². The summed E-state index contributed by atoms with van der Waals surface area (Å²) in [7, 11) is -0.383. The molecule has 2 aromatic rings. The number of anilines is 1. The molecule has 1 aliphatic heterocycles. The van der Waals surface area contributed by atoms with Crippen molar-refractivity contribution in [1.82, 2.24) is 9.21 Å². The Morgan fingerprint density at radius 2 is 1.66 bits per heavy atom. The van der Waals surface area contributed by atoms with Crippen LogP contribution in [0.25, 0.3) is 0 Å². The highest BCUT2D eigenvalue weighted by molar-refractivity contribution is 7.89. The van der Waals surface area contributed by atoms with Crippen molar-refractivity contribution in [3.63, 3.8) is 0 Å². The summed E-state index contributed by atoms with van der Waals surface area (Å²) in [5.41, 5.74) is 1.89. The van der Waals surface area contributed by atoms with Crippen molar-refractivity contribution in [3.05, 3.63) is 48.0 Å². The lowest BCUT2D eigenvalue weighted by atomic mass is 10.2. The number of thiocarbonyl (C=S) groups is 1. The van der Waals surface area contributed by atoms with Crippen LogP contribution in [0.5, 0.6) is 11.5 Å². The van der Waals surface area contributed by atoms with Gasteiger partial charge in [-0.1, -0.05) is 6.07 Å². The number of hydrogen-bond donors (Lipinski definition) is 1. The second-order valence-electron chi connectivity index (χ2n) is 6.70. The van der Waals surface area contributed by atoms with E-state index in [0.29, 0.717) is 42.8 Å². The van der Waals surface area contributed by atoms with Gasteiger partial charge in [-0.15, -0.1) is 0 Å². The number of benzene rings is 2. The van der Waals surface area contributed by atoms with Crippen molar-refractivity contribution in [3.8, 4) is 11.5 Å². The fourth-order valence-corrected chi connectivity index (χ4v) is 4.86. The molecule has 0 saturated carbocycles. The van der Waals surface area contributed by atoms with Gasteiger partial charge in [0, 0.05) is 26.2 Å². The van der Waals surface area contributed by atoms with Gasteiger partial charge in [-0.3, -0.25) is 0 Å². The van der Waals surface area contributed by atoms with Gasteiger partial charge in [-0.25, -0.2) is 8.42 Å². The Labute approximate surface area is 177 Å². The minimum absolute atomic E-state index is 0.261. The molecular formula is C20H25N3O4S2. The van der Waals surface area contributed by atoms with Crippen LogP contribution in [0.1, 0.15) is 5.56 Å². The number of hydrogen-bond acceptors (Lipinski definition) is 5. The molecule has 7 nitrogen and oxygen atoms in total. The number of piperazine rings is 1. The maximum atomic E-state index is 12.9. The third kappa shape index (κ3) is 4.80. The predicted octanol–water partition coefficient (Wildman–Crippen LogP) is 2.72. The molecule has 9 heteroatoms. The zero-order valence-electron chi connectivity index (χ0n) is 16.7. The molecule has 0 unspecified atom stereocenters. The van der Waals surface area contributed by atoms with Crippen LogP contribution < -0.4 is 14.8 Å². The number of methoxy groups -OCH3 is 2. The van der Waals surface area contributed by atoms with Crippen LogP contribution in [0.3, 0.4) is 0 Å². The van der Waals surface area contributed by atoms with Gasteiger partial charge >= 0.3 is 0 Å². The lowest BCUT2D eigenvalue weighted by Crippen LogP contribution is -2.51. The summed E-state index contributed by atoms with van der Waals surface area (Å²) < 4.78 is 37.7. The zero-order chi connectivity index (χ0) is 21.0. The molecule has 1 aliphatic rings. The first-order chi connectivity index (χ1) is 13.8. The molecule has 29 heavy (non-hydrogen) atoms. The largest absolute Gasteiger partial charge is 0.497 e.